The highest BCUT2D eigenvalue weighted by molar-refractivity contribution is 6.04. The maximum absolute atomic E-state index is 13.8. The second-order valence-corrected chi connectivity index (χ2v) is 10.3. The van der Waals surface area contributed by atoms with Crippen molar-refractivity contribution in [3.05, 3.63) is 96.3 Å². The lowest BCUT2D eigenvalue weighted by atomic mass is 9.88. The number of anilines is 2. The molecule has 1 heterocycles. The summed E-state index contributed by atoms with van der Waals surface area (Å²) in [4.78, 5) is 29.6. The predicted molar refractivity (Wildman–Crippen MR) is 150 cm³/mol. The van der Waals surface area contributed by atoms with Gasteiger partial charge in [0.25, 0.3) is 5.91 Å². The second-order valence-electron chi connectivity index (χ2n) is 10.3. The highest BCUT2D eigenvalue weighted by atomic mass is 19.1. The Morgan fingerprint density at radius 1 is 1.05 bits per heavy atom. The van der Waals surface area contributed by atoms with Crippen molar-refractivity contribution in [2.24, 2.45) is 5.41 Å². The molecule has 38 heavy (non-hydrogen) atoms. The van der Waals surface area contributed by atoms with Crippen molar-refractivity contribution in [3.63, 3.8) is 0 Å². The summed E-state index contributed by atoms with van der Waals surface area (Å²) in [6.07, 6.45) is 1.19. The van der Waals surface area contributed by atoms with Crippen LogP contribution in [0.4, 0.5) is 16.0 Å². The van der Waals surface area contributed by atoms with Gasteiger partial charge in [-0.2, -0.15) is 0 Å². The average molecular weight is 514 g/mol. The van der Waals surface area contributed by atoms with Crippen LogP contribution in [0.5, 0.6) is 0 Å². The van der Waals surface area contributed by atoms with Gasteiger partial charge in [-0.05, 0) is 72.5 Å². The Labute approximate surface area is 221 Å². The molecule has 0 fully saturated rings. The number of imidazole rings is 1. The van der Waals surface area contributed by atoms with Crippen LogP contribution in [-0.4, -0.2) is 27.4 Å². The van der Waals surface area contributed by atoms with Crippen molar-refractivity contribution in [1.82, 2.24) is 14.9 Å². The van der Waals surface area contributed by atoms with Crippen LogP contribution in [0.1, 0.15) is 43.6 Å². The third-order valence-electron chi connectivity index (χ3n) is 6.50. The van der Waals surface area contributed by atoms with Gasteiger partial charge in [0, 0.05) is 23.8 Å². The van der Waals surface area contributed by atoms with Gasteiger partial charge in [-0.1, -0.05) is 45.5 Å². The molecule has 0 aliphatic heterocycles. The largest absolute Gasteiger partial charge is 0.322 e. The summed E-state index contributed by atoms with van der Waals surface area (Å²) in [5.41, 5.74) is 4.03. The first-order chi connectivity index (χ1) is 18.0. The number of hydrogen-bond donors (Lipinski definition) is 3. The third kappa shape index (κ3) is 6.15. The zero-order valence-corrected chi connectivity index (χ0v) is 22.0. The zero-order chi connectivity index (χ0) is 27.4. The fourth-order valence-corrected chi connectivity index (χ4v) is 3.88. The first-order valence-electron chi connectivity index (χ1n) is 12.4. The Bertz CT molecular complexity index is 1500. The Kier molecular flexibility index (Phi) is 7.73. The summed E-state index contributed by atoms with van der Waals surface area (Å²) in [6.45, 7) is 12.9. The van der Waals surface area contributed by atoms with E-state index in [0.717, 1.165) is 11.1 Å². The molecular formula is C30H32FN5O2. The maximum atomic E-state index is 13.8. The summed E-state index contributed by atoms with van der Waals surface area (Å²) < 4.78 is 15.6. The number of benzene rings is 3. The van der Waals surface area contributed by atoms with Crippen LogP contribution in [0.2, 0.25) is 0 Å². The molecule has 7 nitrogen and oxygen atoms in total. The molecule has 8 heteroatoms. The number of amides is 2. The molecule has 0 bridgehead atoms. The van der Waals surface area contributed by atoms with Gasteiger partial charge in [0.1, 0.15) is 5.82 Å². The van der Waals surface area contributed by atoms with E-state index in [1.165, 1.54) is 30.3 Å². The molecule has 4 aromatic rings. The van der Waals surface area contributed by atoms with Gasteiger partial charge in [0.05, 0.1) is 16.7 Å². The van der Waals surface area contributed by atoms with Crippen molar-refractivity contribution in [2.45, 2.75) is 40.3 Å². The molecule has 0 radical (unpaired) electrons. The lowest BCUT2D eigenvalue weighted by Crippen LogP contribution is -2.37. The van der Waals surface area contributed by atoms with E-state index >= 15 is 0 Å². The molecule has 4 rings (SSSR count). The van der Waals surface area contributed by atoms with Crippen LogP contribution in [0.25, 0.3) is 16.7 Å². The zero-order valence-electron chi connectivity index (χ0n) is 22.0. The molecule has 3 aromatic carbocycles. The maximum Gasteiger partial charge on any atom is 0.258 e. The third-order valence-corrected chi connectivity index (χ3v) is 6.50. The minimum Gasteiger partial charge on any atom is -0.322 e. The Morgan fingerprint density at radius 3 is 2.53 bits per heavy atom. The van der Waals surface area contributed by atoms with Crippen LogP contribution in [-0.2, 0) is 11.3 Å². The quantitative estimate of drug-likeness (QED) is 0.250. The lowest BCUT2D eigenvalue weighted by Gasteiger charge is -2.28. The number of carbonyl (C=O) groups excluding carboxylic acids is 2. The molecule has 1 aromatic heterocycles. The normalized spacial score (nSPS) is 12.2. The fraction of sp³-hybridized carbons (Fsp3) is 0.233. The molecule has 1 atom stereocenters. The Morgan fingerprint density at radius 2 is 1.82 bits per heavy atom. The molecule has 3 N–H and O–H groups in total. The van der Waals surface area contributed by atoms with Crippen molar-refractivity contribution in [2.75, 3.05) is 10.6 Å². The number of nitrogens with zero attached hydrogens (tertiary/aromatic N) is 2. The number of nitrogens with one attached hydrogen (secondary N) is 3. The molecule has 2 amide bonds. The average Bonchev–Trinajstić information content (AvgIpc) is 3.23. The summed E-state index contributed by atoms with van der Waals surface area (Å²) in [5, 5.41) is 9.14. The number of carbonyl (C=O) groups is 2. The van der Waals surface area contributed by atoms with Crippen LogP contribution >= 0.6 is 0 Å². The van der Waals surface area contributed by atoms with Crippen LogP contribution in [0.3, 0.4) is 0 Å². The molecule has 0 spiro atoms. The van der Waals surface area contributed by atoms with E-state index in [4.69, 9.17) is 4.98 Å². The molecule has 0 saturated carbocycles. The van der Waals surface area contributed by atoms with Crippen molar-refractivity contribution < 1.29 is 14.0 Å². The smallest absolute Gasteiger partial charge is 0.258 e. The van der Waals surface area contributed by atoms with Crippen molar-refractivity contribution in [3.8, 4) is 5.69 Å². The van der Waals surface area contributed by atoms with Gasteiger partial charge < -0.3 is 10.6 Å². The number of hydrogen-bond acceptors (Lipinski definition) is 4. The van der Waals surface area contributed by atoms with E-state index in [0.29, 0.717) is 29.5 Å². The Balaban J connectivity index is 1.75. The minimum atomic E-state index is -0.501. The molecule has 0 saturated heterocycles. The summed E-state index contributed by atoms with van der Waals surface area (Å²) in [5.74, 6) is -1.05. The first-order valence-corrected chi connectivity index (χ1v) is 12.4. The Hall–Kier alpha value is -4.30. The van der Waals surface area contributed by atoms with Crippen LogP contribution in [0.15, 0.2) is 79.4 Å². The van der Waals surface area contributed by atoms with Crippen molar-refractivity contribution >= 4 is 34.5 Å². The van der Waals surface area contributed by atoms with Gasteiger partial charge in [-0.25, -0.2) is 9.37 Å². The van der Waals surface area contributed by atoms with Gasteiger partial charge in [0.15, 0.2) is 0 Å². The van der Waals surface area contributed by atoms with E-state index in [9.17, 15) is 14.0 Å². The predicted octanol–water partition coefficient (Wildman–Crippen LogP) is 6.07. The first kappa shape index (κ1) is 26.8. The fourth-order valence-electron chi connectivity index (χ4n) is 3.88. The summed E-state index contributed by atoms with van der Waals surface area (Å²) >= 11 is 0. The number of halogens is 1. The second kappa shape index (κ2) is 11.0. The molecule has 0 unspecified atom stereocenters. The topological polar surface area (TPSA) is 88.1 Å². The molecule has 196 valence electrons. The summed E-state index contributed by atoms with van der Waals surface area (Å²) in [7, 11) is 0. The molecule has 0 aliphatic rings. The monoisotopic (exact) mass is 513 g/mol. The number of fused-ring (bicyclic) bond motifs is 1. The van der Waals surface area contributed by atoms with Gasteiger partial charge in [-0.15, -0.1) is 0 Å². The van der Waals surface area contributed by atoms with Crippen LogP contribution < -0.4 is 16.0 Å². The molecular weight excluding hydrogens is 481 g/mol. The summed E-state index contributed by atoms with van der Waals surface area (Å²) in [6, 6.07) is 18.9. The van der Waals surface area contributed by atoms with E-state index in [1.807, 2.05) is 24.3 Å². The molecule has 0 aliphatic carbocycles. The highest BCUT2D eigenvalue weighted by Gasteiger charge is 2.20. The van der Waals surface area contributed by atoms with E-state index in [1.54, 1.807) is 22.8 Å². The van der Waals surface area contributed by atoms with E-state index in [-0.39, 0.29) is 22.8 Å². The van der Waals surface area contributed by atoms with E-state index < -0.39 is 11.7 Å². The number of rotatable bonds is 8. The van der Waals surface area contributed by atoms with Gasteiger partial charge in [0.2, 0.25) is 11.9 Å². The van der Waals surface area contributed by atoms with E-state index in [2.05, 4.69) is 50.2 Å². The highest BCUT2D eigenvalue weighted by Crippen LogP contribution is 2.28. The standard InChI is InChI=1S/C30H32FN5O2/c1-6-27(37)33-23-11-8-12-24(17-23)36-26-14-13-20(18-32-19(2)30(3,4)5)15-25(26)34-29(36)35-28(38)21-9-7-10-22(31)16-21/h6-17,19,32H,1,18H2,2-5H3,(H,33,37)(H,34,35,38)/t19-/m0/s1. The van der Waals surface area contributed by atoms with Gasteiger partial charge in [-0.3, -0.25) is 19.5 Å². The lowest BCUT2D eigenvalue weighted by molar-refractivity contribution is -0.111. The number of aromatic nitrogens is 2. The van der Waals surface area contributed by atoms with Crippen LogP contribution in [0, 0.1) is 11.2 Å². The van der Waals surface area contributed by atoms with Gasteiger partial charge >= 0.3 is 0 Å². The minimum absolute atomic E-state index is 0.117. The SMILES string of the molecule is C=CC(=O)Nc1cccc(-n2c(NC(=O)c3cccc(F)c3)nc3cc(CN[C@@H](C)C(C)(C)C)ccc32)c1. The van der Waals surface area contributed by atoms with Crippen molar-refractivity contribution in [1.29, 1.82) is 0 Å².